The molecule has 4 rings (SSSR count). The molecule has 3 nitrogen and oxygen atoms in total. The summed E-state index contributed by atoms with van der Waals surface area (Å²) < 4.78 is 0. The molecule has 198 valence electrons. The van der Waals surface area contributed by atoms with Crippen LogP contribution in [0.15, 0.2) is 116 Å². The third-order valence-corrected chi connectivity index (χ3v) is 7.06. The van der Waals surface area contributed by atoms with Crippen molar-refractivity contribution in [1.29, 1.82) is 0 Å². The van der Waals surface area contributed by atoms with Gasteiger partial charge in [0.1, 0.15) is 5.82 Å². The molecule has 0 bridgehead atoms. The number of anilines is 1. The van der Waals surface area contributed by atoms with Crippen LogP contribution in [0.3, 0.4) is 0 Å². The lowest BCUT2D eigenvalue weighted by molar-refractivity contribution is 0.281. The second kappa shape index (κ2) is 13.6. The summed E-state index contributed by atoms with van der Waals surface area (Å²) in [4.78, 5) is 10.3. The van der Waals surface area contributed by atoms with Crippen LogP contribution in [-0.4, -0.2) is 29.5 Å². The number of rotatable bonds is 7. The minimum atomic E-state index is 0.194. The normalized spacial score (nSPS) is 15.9. The topological polar surface area (TPSA) is 19.4 Å². The van der Waals surface area contributed by atoms with E-state index >= 15 is 0 Å². The van der Waals surface area contributed by atoms with Crippen molar-refractivity contribution in [2.45, 2.75) is 46.6 Å². The number of pyridine rings is 1. The summed E-state index contributed by atoms with van der Waals surface area (Å²) in [7, 11) is 0. The molecule has 0 spiro atoms. The number of hydrogen-bond donors (Lipinski definition) is 0. The first-order valence-electron chi connectivity index (χ1n) is 13.5. The van der Waals surface area contributed by atoms with E-state index in [1.807, 2.05) is 6.92 Å². The molecule has 0 saturated carbocycles. The molecule has 0 aliphatic carbocycles. The van der Waals surface area contributed by atoms with Crippen molar-refractivity contribution in [2.24, 2.45) is 0 Å². The fourth-order valence-electron chi connectivity index (χ4n) is 5.03. The quantitative estimate of drug-likeness (QED) is 0.236. The van der Waals surface area contributed by atoms with Gasteiger partial charge in [0.15, 0.2) is 0 Å². The Hall–Kier alpha value is -3.85. The van der Waals surface area contributed by atoms with E-state index < -0.39 is 0 Å². The highest BCUT2D eigenvalue weighted by Crippen LogP contribution is 2.37. The molecule has 1 aliphatic heterocycles. The highest BCUT2D eigenvalue weighted by molar-refractivity contribution is 5.70. The number of aromatic nitrogens is 1. The maximum absolute atomic E-state index is 5.36. The van der Waals surface area contributed by atoms with Gasteiger partial charge in [-0.05, 0) is 55.0 Å². The van der Waals surface area contributed by atoms with Gasteiger partial charge in [-0.25, -0.2) is 4.98 Å². The van der Waals surface area contributed by atoms with Crippen LogP contribution in [0.25, 0.3) is 11.1 Å². The Morgan fingerprint density at radius 3 is 2.24 bits per heavy atom. The Morgan fingerprint density at radius 2 is 1.63 bits per heavy atom. The van der Waals surface area contributed by atoms with E-state index in [4.69, 9.17) is 4.98 Å². The van der Waals surface area contributed by atoms with Gasteiger partial charge in [0.2, 0.25) is 0 Å². The van der Waals surface area contributed by atoms with Crippen LogP contribution in [0.4, 0.5) is 5.82 Å². The highest BCUT2D eigenvalue weighted by Gasteiger charge is 2.31. The monoisotopic (exact) mass is 505 g/mol. The van der Waals surface area contributed by atoms with Crippen molar-refractivity contribution < 1.29 is 0 Å². The largest absolute Gasteiger partial charge is 0.368 e. The first-order chi connectivity index (χ1) is 18.4. The van der Waals surface area contributed by atoms with Gasteiger partial charge >= 0.3 is 0 Å². The van der Waals surface area contributed by atoms with Crippen molar-refractivity contribution in [3.63, 3.8) is 0 Å². The van der Waals surface area contributed by atoms with E-state index in [2.05, 4.69) is 142 Å². The van der Waals surface area contributed by atoms with Crippen molar-refractivity contribution in [3.8, 4) is 11.1 Å². The number of benzene rings is 2. The van der Waals surface area contributed by atoms with Crippen LogP contribution in [0.5, 0.6) is 0 Å². The van der Waals surface area contributed by atoms with Gasteiger partial charge in [0.05, 0.1) is 11.7 Å². The van der Waals surface area contributed by atoms with Crippen molar-refractivity contribution in [1.82, 2.24) is 9.88 Å². The van der Waals surface area contributed by atoms with E-state index in [0.29, 0.717) is 5.92 Å². The summed E-state index contributed by atoms with van der Waals surface area (Å²) in [6, 6.07) is 24.0. The molecule has 0 amide bonds. The van der Waals surface area contributed by atoms with Crippen molar-refractivity contribution in [2.75, 3.05) is 24.5 Å². The van der Waals surface area contributed by atoms with Crippen molar-refractivity contribution >= 4 is 5.82 Å². The SMILES string of the molecule is C=C.C=C(/C(C)=C/C=C\C)N1CCN(c2nc(C(C)C)c(-c3ccccc3)cc2C)C(c2ccccc2)C1. The third kappa shape index (κ3) is 6.52. The Bertz CT molecular complexity index is 1260. The third-order valence-electron chi connectivity index (χ3n) is 7.06. The predicted octanol–water partition coefficient (Wildman–Crippen LogP) is 8.88. The van der Waals surface area contributed by atoms with Gasteiger partial charge < -0.3 is 9.80 Å². The Kier molecular flexibility index (Phi) is 10.3. The summed E-state index contributed by atoms with van der Waals surface area (Å²) in [5, 5.41) is 0. The summed E-state index contributed by atoms with van der Waals surface area (Å²) in [6.07, 6.45) is 6.29. The molecule has 0 radical (unpaired) electrons. The van der Waals surface area contributed by atoms with Crippen LogP contribution in [-0.2, 0) is 0 Å². The first-order valence-corrected chi connectivity index (χ1v) is 13.5. The molecule has 3 aromatic rings. The minimum Gasteiger partial charge on any atom is -0.368 e. The zero-order valence-electron chi connectivity index (χ0n) is 23.8. The van der Waals surface area contributed by atoms with E-state index in [1.165, 1.54) is 27.8 Å². The standard InChI is InChI=1S/C33H39N3.C2H4/c1-7-8-15-25(4)27(6)35-20-21-36(31(23-35)29-18-13-10-14-19-29)33-26(5)22-30(32(34-33)24(2)3)28-16-11-9-12-17-28;1-2/h7-19,22,24,31H,6,20-21,23H2,1-5H3;1-2H2/b8-7-,25-15+;. The molecule has 2 aromatic carbocycles. The fourth-order valence-corrected chi connectivity index (χ4v) is 5.03. The number of hydrogen-bond acceptors (Lipinski definition) is 3. The lowest BCUT2D eigenvalue weighted by Gasteiger charge is -2.44. The predicted molar refractivity (Wildman–Crippen MR) is 166 cm³/mol. The molecule has 3 heteroatoms. The van der Waals surface area contributed by atoms with Gasteiger partial charge in [-0.3, -0.25) is 0 Å². The van der Waals surface area contributed by atoms with E-state index in [9.17, 15) is 0 Å². The zero-order valence-corrected chi connectivity index (χ0v) is 23.8. The molecule has 2 heterocycles. The molecule has 1 aromatic heterocycles. The van der Waals surface area contributed by atoms with Crippen LogP contribution in [0.1, 0.15) is 56.5 Å². The van der Waals surface area contributed by atoms with E-state index in [0.717, 1.165) is 36.8 Å². The van der Waals surface area contributed by atoms with Crippen LogP contribution < -0.4 is 4.90 Å². The van der Waals surface area contributed by atoms with Crippen LogP contribution in [0, 0.1) is 6.92 Å². The van der Waals surface area contributed by atoms with Gasteiger partial charge in [-0.1, -0.05) is 99.3 Å². The molecule has 1 unspecified atom stereocenters. The van der Waals surface area contributed by atoms with E-state index in [-0.39, 0.29) is 6.04 Å². The summed E-state index contributed by atoms with van der Waals surface area (Å²) in [5.74, 6) is 1.42. The Balaban J connectivity index is 0.00000195. The molecule has 1 atom stereocenters. The Labute approximate surface area is 230 Å². The van der Waals surface area contributed by atoms with Gasteiger partial charge in [-0.2, -0.15) is 0 Å². The zero-order chi connectivity index (χ0) is 27.7. The summed E-state index contributed by atoms with van der Waals surface area (Å²) in [6.45, 7) is 24.0. The smallest absolute Gasteiger partial charge is 0.132 e. The van der Waals surface area contributed by atoms with E-state index in [1.54, 1.807) is 0 Å². The fraction of sp³-hybridized carbons (Fsp3) is 0.286. The van der Waals surface area contributed by atoms with Gasteiger partial charge in [0.25, 0.3) is 0 Å². The van der Waals surface area contributed by atoms with Gasteiger partial charge in [0, 0.05) is 30.9 Å². The summed E-state index contributed by atoms with van der Waals surface area (Å²) >= 11 is 0. The summed E-state index contributed by atoms with van der Waals surface area (Å²) in [5.41, 5.74) is 8.45. The molecule has 1 fully saturated rings. The maximum atomic E-state index is 5.36. The maximum Gasteiger partial charge on any atom is 0.132 e. The molecular weight excluding hydrogens is 462 g/mol. The molecule has 1 aliphatic rings. The van der Waals surface area contributed by atoms with Gasteiger partial charge in [-0.15, -0.1) is 13.2 Å². The number of aryl methyl sites for hydroxylation is 1. The highest BCUT2D eigenvalue weighted by atomic mass is 15.3. The number of allylic oxidation sites excluding steroid dienone is 4. The lowest BCUT2D eigenvalue weighted by atomic mass is 9.95. The second-order valence-electron chi connectivity index (χ2n) is 9.97. The second-order valence-corrected chi connectivity index (χ2v) is 9.97. The first kappa shape index (κ1) is 28.7. The number of nitrogens with zero attached hydrogens (tertiary/aromatic N) is 3. The van der Waals surface area contributed by atoms with Crippen LogP contribution >= 0.6 is 0 Å². The molecule has 0 N–H and O–H groups in total. The average Bonchev–Trinajstić information content (AvgIpc) is 2.97. The number of piperazine rings is 1. The molecule has 1 saturated heterocycles. The molecule has 38 heavy (non-hydrogen) atoms. The lowest BCUT2D eigenvalue weighted by Crippen LogP contribution is -2.48. The Morgan fingerprint density at radius 1 is 1.00 bits per heavy atom. The molecular formula is C35H43N3. The average molecular weight is 506 g/mol. The van der Waals surface area contributed by atoms with Crippen molar-refractivity contribution in [3.05, 3.63) is 133 Å². The van der Waals surface area contributed by atoms with Crippen LogP contribution in [0.2, 0.25) is 0 Å². The minimum absolute atomic E-state index is 0.194.